The lowest BCUT2D eigenvalue weighted by atomic mass is 10.1. The van der Waals surface area contributed by atoms with Gasteiger partial charge in [-0.2, -0.15) is 5.26 Å². The molecule has 1 atom stereocenters. The summed E-state index contributed by atoms with van der Waals surface area (Å²) in [5.74, 6) is 1.12. The van der Waals surface area contributed by atoms with Crippen LogP contribution in [0.5, 0.6) is 5.75 Å². The van der Waals surface area contributed by atoms with Crippen molar-refractivity contribution in [3.05, 3.63) is 65.0 Å². The fourth-order valence-corrected chi connectivity index (χ4v) is 2.83. The summed E-state index contributed by atoms with van der Waals surface area (Å²) < 4.78 is 19.9. The van der Waals surface area contributed by atoms with Crippen molar-refractivity contribution in [2.45, 2.75) is 26.0 Å². The van der Waals surface area contributed by atoms with E-state index in [0.29, 0.717) is 30.2 Å². The Morgan fingerprint density at radius 1 is 1.30 bits per heavy atom. The fourth-order valence-electron chi connectivity index (χ4n) is 2.83. The highest BCUT2D eigenvalue weighted by Gasteiger charge is 2.22. The maximum Gasteiger partial charge on any atom is 0.191 e. The second-order valence-corrected chi connectivity index (χ2v) is 6.05. The van der Waals surface area contributed by atoms with Crippen molar-refractivity contribution < 1.29 is 9.13 Å². The maximum atomic E-state index is 14.0. The van der Waals surface area contributed by atoms with Crippen LogP contribution in [-0.4, -0.2) is 25.2 Å². The van der Waals surface area contributed by atoms with Crippen molar-refractivity contribution in [2.75, 3.05) is 13.1 Å². The number of hydrogen-bond acceptors (Lipinski definition) is 3. The van der Waals surface area contributed by atoms with E-state index in [1.165, 1.54) is 11.6 Å². The summed E-state index contributed by atoms with van der Waals surface area (Å²) in [6, 6.07) is 14.4. The van der Waals surface area contributed by atoms with Crippen LogP contribution in [0.25, 0.3) is 0 Å². The summed E-state index contributed by atoms with van der Waals surface area (Å²) in [6.07, 6.45) is 0.898. The van der Waals surface area contributed by atoms with Gasteiger partial charge >= 0.3 is 0 Å². The SMILES string of the molecule is CCNC(=NCc1ccc(C#N)cc1F)NCC1Cc2ccccc2O1.I. The first kappa shape index (κ1) is 21.0. The number of guanidine groups is 1. The molecule has 0 saturated heterocycles. The number of rotatable bonds is 5. The first-order chi connectivity index (χ1) is 12.7. The van der Waals surface area contributed by atoms with Crippen molar-refractivity contribution in [2.24, 2.45) is 4.99 Å². The highest BCUT2D eigenvalue weighted by Crippen LogP contribution is 2.27. The molecular weight excluding hydrogens is 458 g/mol. The van der Waals surface area contributed by atoms with Gasteiger partial charge in [-0.3, -0.25) is 0 Å². The lowest BCUT2D eigenvalue weighted by Gasteiger charge is -2.15. The van der Waals surface area contributed by atoms with E-state index < -0.39 is 5.82 Å². The van der Waals surface area contributed by atoms with Crippen LogP contribution < -0.4 is 15.4 Å². The zero-order valence-corrected chi connectivity index (χ0v) is 17.4. The van der Waals surface area contributed by atoms with E-state index in [2.05, 4.69) is 21.7 Å². The Balaban J connectivity index is 0.00000261. The molecule has 5 nitrogen and oxygen atoms in total. The Morgan fingerprint density at radius 3 is 2.81 bits per heavy atom. The van der Waals surface area contributed by atoms with Crippen LogP contribution in [0.1, 0.15) is 23.6 Å². The predicted molar refractivity (Wildman–Crippen MR) is 114 cm³/mol. The standard InChI is InChI=1S/C20H21FN4O.HI/c1-2-23-20(24-12-16-8-7-14(11-22)9-18(16)21)25-13-17-10-15-5-3-4-6-19(15)26-17;/h3-9,17H,2,10,12-13H2,1H3,(H2,23,24,25);1H. The maximum absolute atomic E-state index is 14.0. The molecule has 0 radical (unpaired) electrons. The molecule has 0 amide bonds. The molecule has 1 aliphatic rings. The van der Waals surface area contributed by atoms with Crippen LogP contribution >= 0.6 is 24.0 Å². The van der Waals surface area contributed by atoms with E-state index >= 15 is 0 Å². The summed E-state index contributed by atoms with van der Waals surface area (Å²) in [6.45, 7) is 3.48. The molecule has 1 unspecified atom stereocenters. The smallest absolute Gasteiger partial charge is 0.191 e. The number of hydrogen-bond donors (Lipinski definition) is 2. The zero-order valence-electron chi connectivity index (χ0n) is 15.0. The van der Waals surface area contributed by atoms with Crippen molar-refractivity contribution >= 4 is 29.9 Å². The Hall–Kier alpha value is -2.34. The average molecular weight is 480 g/mol. The minimum atomic E-state index is -0.418. The topological polar surface area (TPSA) is 69.4 Å². The van der Waals surface area contributed by atoms with Gasteiger partial charge in [0.25, 0.3) is 0 Å². The van der Waals surface area contributed by atoms with E-state index in [0.717, 1.165) is 12.2 Å². The molecule has 0 bridgehead atoms. The van der Waals surface area contributed by atoms with Gasteiger partial charge in [0.1, 0.15) is 17.7 Å². The lowest BCUT2D eigenvalue weighted by Crippen LogP contribution is -2.42. The summed E-state index contributed by atoms with van der Waals surface area (Å²) in [5, 5.41) is 15.2. The number of nitrogens with one attached hydrogen (secondary N) is 2. The first-order valence-corrected chi connectivity index (χ1v) is 8.65. The minimum absolute atomic E-state index is 0. The van der Waals surface area contributed by atoms with E-state index in [4.69, 9.17) is 10.00 Å². The van der Waals surface area contributed by atoms with Crippen molar-refractivity contribution in [3.8, 4) is 11.8 Å². The van der Waals surface area contributed by atoms with Gasteiger partial charge in [0.2, 0.25) is 0 Å². The predicted octanol–water partition coefficient (Wildman–Crippen LogP) is 3.37. The molecule has 1 heterocycles. The van der Waals surface area contributed by atoms with Crippen LogP contribution in [0, 0.1) is 17.1 Å². The molecule has 1 aliphatic heterocycles. The number of benzene rings is 2. The van der Waals surface area contributed by atoms with Gasteiger partial charge in [-0.25, -0.2) is 9.38 Å². The largest absolute Gasteiger partial charge is 0.488 e. The molecule has 27 heavy (non-hydrogen) atoms. The third-order valence-corrected chi connectivity index (χ3v) is 4.14. The normalized spacial score (nSPS) is 15.1. The summed E-state index contributed by atoms with van der Waals surface area (Å²) in [4.78, 5) is 4.43. The summed E-state index contributed by atoms with van der Waals surface area (Å²) in [5.41, 5.74) is 1.96. The summed E-state index contributed by atoms with van der Waals surface area (Å²) >= 11 is 0. The third-order valence-electron chi connectivity index (χ3n) is 4.14. The molecule has 2 N–H and O–H groups in total. The average Bonchev–Trinajstić information content (AvgIpc) is 3.07. The van der Waals surface area contributed by atoms with Gasteiger partial charge < -0.3 is 15.4 Å². The Kier molecular flexibility index (Phi) is 7.85. The number of halogens is 2. The molecule has 0 aliphatic carbocycles. The van der Waals surface area contributed by atoms with Gasteiger partial charge in [-0.1, -0.05) is 24.3 Å². The van der Waals surface area contributed by atoms with E-state index in [-0.39, 0.29) is 36.6 Å². The third kappa shape index (κ3) is 5.57. The van der Waals surface area contributed by atoms with E-state index in [1.807, 2.05) is 31.2 Å². The lowest BCUT2D eigenvalue weighted by molar-refractivity contribution is 0.235. The van der Waals surface area contributed by atoms with Crippen LogP contribution in [0.3, 0.4) is 0 Å². The summed E-state index contributed by atoms with van der Waals surface area (Å²) in [7, 11) is 0. The van der Waals surface area contributed by atoms with Crippen molar-refractivity contribution in [3.63, 3.8) is 0 Å². The Labute approximate surface area is 175 Å². The molecule has 0 fully saturated rings. The van der Waals surface area contributed by atoms with Gasteiger partial charge in [-0.05, 0) is 30.7 Å². The van der Waals surface area contributed by atoms with Gasteiger partial charge in [0.15, 0.2) is 5.96 Å². The van der Waals surface area contributed by atoms with Crippen LogP contribution in [-0.2, 0) is 13.0 Å². The van der Waals surface area contributed by atoms with Gasteiger partial charge in [0, 0.05) is 18.5 Å². The number of nitriles is 1. The van der Waals surface area contributed by atoms with Crippen LogP contribution in [0.4, 0.5) is 4.39 Å². The Bertz CT molecular complexity index is 825. The fraction of sp³-hybridized carbons (Fsp3) is 0.300. The van der Waals surface area contributed by atoms with Crippen LogP contribution in [0.2, 0.25) is 0 Å². The number of ether oxygens (including phenoxy) is 1. The van der Waals surface area contributed by atoms with Crippen LogP contribution in [0.15, 0.2) is 47.5 Å². The minimum Gasteiger partial charge on any atom is -0.488 e. The second kappa shape index (κ2) is 10.1. The monoisotopic (exact) mass is 480 g/mol. The number of para-hydroxylation sites is 1. The first-order valence-electron chi connectivity index (χ1n) is 8.65. The molecule has 0 aromatic heterocycles. The number of fused-ring (bicyclic) bond motifs is 1. The molecule has 2 aromatic carbocycles. The molecular formula is C20H22FIN4O. The Morgan fingerprint density at radius 2 is 2.11 bits per heavy atom. The van der Waals surface area contributed by atoms with Gasteiger partial charge in [0.05, 0.1) is 24.7 Å². The molecule has 0 saturated carbocycles. The number of nitrogens with zero attached hydrogens (tertiary/aromatic N) is 2. The number of aliphatic imine (C=N–C) groups is 1. The highest BCUT2D eigenvalue weighted by atomic mass is 127. The molecule has 2 aromatic rings. The molecule has 3 rings (SSSR count). The quantitative estimate of drug-likeness (QED) is 0.391. The van der Waals surface area contributed by atoms with Crippen molar-refractivity contribution in [1.29, 1.82) is 5.26 Å². The zero-order chi connectivity index (χ0) is 18.4. The van der Waals surface area contributed by atoms with Crippen molar-refractivity contribution in [1.82, 2.24) is 10.6 Å². The van der Waals surface area contributed by atoms with E-state index in [1.54, 1.807) is 12.1 Å². The van der Waals surface area contributed by atoms with E-state index in [9.17, 15) is 4.39 Å². The molecule has 7 heteroatoms. The second-order valence-electron chi connectivity index (χ2n) is 6.05. The van der Waals surface area contributed by atoms with Gasteiger partial charge in [-0.15, -0.1) is 24.0 Å². The molecule has 0 spiro atoms. The highest BCUT2D eigenvalue weighted by molar-refractivity contribution is 14.0. The molecule has 142 valence electrons.